The van der Waals surface area contributed by atoms with E-state index in [-0.39, 0.29) is 0 Å². The van der Waals surface area contributed by atoms with Gasteiger partial charge in [0.2, 0.25) is 0 Å². The molecular formula is C16H23NO2. The van der Waals surface area contributed by atoms with E-state index < -0.39 is 5.97 Å². The molecule has 0 spiro atoms. The summed E-state index contributed by atoms with van der Waals surface area (Å²) in [7, 11) is 0. The molecule has 1 aliphatic heterocycles. The van der Waals surface area contributed by atoms with E-state index in [1.807, 2.05) is 0 Å². The van der Waals surface area contributed by atoms with E-state index in [4.69, 9.17) is 5.11 Å². The molecule has 0 amide bonds. The Morgan fingerprint density at radius 3 is 2.37 bits per heavy atom. The number of hydrogen-bond donors (Lipinski definition) is 1. The van der Waals surface area contributed by atoms with Crippen LogP contribution in [-0.2, 0) is 17.8 Å². The zero-order valence-corrected chi connectivity index (χ0v) is 11.8. The van der Waals surface area contributed by atoms with Gasteiger partial charge < -0.3 is 5.11 Å². The minimum atomic E-state index is -0.678. The van der Waals surface area contributed by atoms with Crippen LogP contribution in [0.25, 0.3) is 0 Å². The van der Waals surface area contributed by atoms with Gasteiger partial charge in [-0.25, -0.2) is 0 Å². The Morgan fingerprint density at radius 2 is 1.84 bits per heavy atom. The molecule has 104 valence electrons. The van der Waals surface area contributed by atoms with E-state index in [0.29, 0.717) is 18.3 Å². The smallest absolute Gasteiger partial charge is 0.303 e. The lowest BCUT2D eigenvalue weighted by molar-refractivity contribution is -0.139. The van der Waals surface area contributed by atoms with Crippen LogP contribution in [0.2, 0.25) is 0 Å². The second-order valence-electron chi connectivity index (χ2n) is 6.07. The normalized spacial score (nSPS) is 16.6. The first-order chi connectivity index (χ1) is 9.02. The van der Waals surface area contributed by atoms with Gasteiger partial charge in [-0.3, -0.25) is 9.69 Å². The first-order valence-corrected chi connectivity index (χ1v) is 7.05. The number of rotatable bonds is 6. The number of carboxylic acid groups (broad SMARTS) is 1. The molecule has 1 aromatic rings. The SMILES string of the molecule is CC(C)Cc1ccc(CN2CC(CC(=O)O)C2)cc1. The van der Waals surface area contributed by atoms with Crippen molar-refractivity contribution in [1.82, 2.24) is 4.90 Å². The van der Waals surface area contributed by atoms with Crippen LogP contribution in [0.15, 0.2) is 24.3 Å². The lowest BCUT2D eigenvalue weighted by atomic mass is 9.95. The average molecular weight is 261 g/mol. The second kappa shape index (κ2) is 6.20. The van der Waals surface area contributed by atoms with E-state index >= 15 is 0 Å². The van der Waals surface area contributed by atoms with Gasteiger partial charge in [-0.05, 0) is 29.4 Å². The van der Waals surface area contributed by atoms with Crippen LogP contribution in [0.3, 0.4) is 0 Å². The molecule has 0 radical (unpaired) electrons. The minimum absolute atomic E-state index is 0.309. The Kier molecular flexibility index (Phi) is 4.59. The largest absolute Gasteiger partial charge is 0.481 e. The Bertz CT molecular complexity index is 419. The van der Waals surface area contributed by atoms with Gasteiger partial charge in [0.25, 0.3) is 0 Å². The summed E-state index contributed by atoms with van der Waals surface area (Å²) >= 11 is 0. The molecule has 0 saturated carbocycles. The van der Waals surface area contributed by atoms with Crippen molar-refractivity contribution < 1.29 is 9.90 Å². The van der Waals surface area contributed by atoms with Crippen LogP contribution in [0.1, 0.15) is 31.4 Å². The Morgan fingerprint density at radius 1 is 1.26 bits per heavy atom. The Hall–Kier alpha value is -1.35. The molecule has 0 bridgehead atoms. The molecule has 2 rings (SSSR count). The predicted molar refractivity (Wildman–Crippen MR) is 76.0 cm³/mol. The number of likely N-dealkylation sites (tertiary alicyclic amines) is 1. The third-order valence-corrected chi connectivity index (χ3v) is 3.57. The van der Waals surface area contributed by atoms with Crippen molar-refractivity contribution in [2.24, 2.45) is 11.8 Å². The van der Waals surface area contributed by atoms with Gasteiger partial charge in [-0.1, -0.05) is 38.1 Å². The standard InChI is InChI=1S/C16H23NO2/c1-12(2)7-13-3-5-14(6-4-13)9-17-10-15(11-17)8-16(18)19/h3-6,12,15H,7-11H2,1-2H3,(H,18,19). The first-order valence-electron chi connectivity index (χ1n) is 7.05. The fourth-order valence-electron chi connectivity index (χ4n) is 2.69. The molecular weight excluding hydrogens is 238 g/mol. The molecule has 1 N–H and O–H groups in total. The van der Waals surface area contributed by atoms with Gasteiger partial charge in [0.15, 0.2) is 0 Å². The highest BCUT2D eigenvalue weighted by atomic mass is 16.4. The molecule has 3 nitrogen and oxygen atoms in total. The van der Waals surface area contributed by atoms with Gasteiger partial charge in [0.05, 0.1) is 6.42 Å². The highest BCUT2D eigenvalue weighted by Crippen LogP contribution is 2.21. The van der Waals surface area contributed by atoms with Crippen molar-refractivity contribution in [1.29, 1.82) is 0 Å². The molecule has 3 heteroatoms. The summed E-state index contributed by atoms with van der Waals surface area (Å²) in [6, 6.07) is 8.82. The van der Waals surface area contributed by atoms with Crippen molar-refractivity contribution in [2.75, 3.05) is 13.1 Å². The van der Waals surface area contributed by atoms with Crippen molar-refractivity contribution in [3.05, 3.63) is 35.4 Å². The summed E-state index contributed by atoms with van der Waals surface area (Å²) < 4.78 is 0. The number of carboxylic acids is 1. The lowest BCUT2D eigenvalue weighted by Gasteiger charge is -2.38. The van der Waals surface area contributed by atoms with Crippen LogP contribution in [0.4, 0.5) is 0 Å². The number of carbonyl (C=O) groups is 1. The van der Waals surface area contributed by atoms with Gasteiger partial charge in [-0.15, -0.1) is 0 Å². The topological polar surface area (TPSA) is 40.5 Å². The van der Waals surface area contributed by atoms with E-state index in [2.05, 4.69) is 43.0 Å². The van der Waals surface area contributed by atoms with Crippen molar-refractivity contribution >= 4 is 5.97 Å². The number of benzene rings is 1. The van der Waals surface area contributed by atoms with Gasteiger partial charge >= 0.3 is 5.97 Å². The maximum atomic E-state index is 10.6. The maximum Gasteiger partial charge on any atom is 0.303 e. The molecule has 1 fully saturated rings. The van der Waals surface area contributed by atoms with E-state index in [9.17, 15) is 4.79 Å². The summed E-state index contributed by atoms with van der Waals surface area (Å²) in [6.45, 7) is 7.24. The summed E-state index contributed by atoms with van der Waals surface area (Å²) in [5, 5.41) is 8.71. The quantitative estimate of drug-likeness (QED) is 0.856. The molecule has 1 saturated heterocycles. The summed E-state index contributed by atoms with van der Waals surface area (Å²) in [4.78, 5) is 12.9. The average Bonchev–Trinajstić information content (AvgIpc) is 2.27. The maximum absolute atomic E-state index is 10.6. The van der Waals surface area contributed by atoms with Crippen LogP contribution in [-0.4, -0.2) is 29.1 Å². The lowest BCUT2D eigenvalue weighted by Crippen LogP contribution is -2.46. The number of hydrogen-bond acceptors (Lipinski definition) is 2. The summed E-state index contributed by atoms with van der Waals surface area (Å²) in [5.41, 5.74) is 2.72. The van der Waals surface area contributed by atoms with Crippen LogP contribution >= 0.6 is 0 Å². The van der Waals surface area contributed by atoms with Crippen molar-refractivity contribution in [3.8, 4) is 0 Å². The number of nitrogens with zero attached hydrogens (tertiary/aromatic N) is 1. The van der Waals surface area contributed by atoms with Crippen molar-refractivity contribution in [3.63, 3.8) is 0 Å². The predicted octanol–water partition coefficient (Wildman–Crippen LogP) is 2.79. The molecule has 0 atom stereocenters. The Balaban J connectivity index is 1.77. The van der Waals surface area contributed by atoms with Crippen LogP contribution < -0.4 is 0 Å². The van der Waals surface area contributed by atoms with Gasteiger partial charge in [0.1, 0.15) is 0 Å². The number of aliphatic carboxylic acids is 1. The molecule has 0 unspecified atom stereocenters. The Labute approximate surface area is 115 Å². The summed E-state index contributed by atoms with van der Waals surface area (Å²) in [5.74, 6) is 0.360. The molecule has 1 aromatic carbocycles. The molecule has 1 aliphatic rings. The monoisotopic (exact) mass is 261 g/mol. The fourth-order valence-corrected chi connectivity index (χ4v) is 2.69. The minimum Gasteiger partial charge on any atom is -0.481 e. The zero-order valence-electron chi connectivity index (χ0n) is 11.8. The van der Waals surface area contributed by atoms with E-state index in [1.165, 1.54) is 11.1 Å². The fraction of sp³-hybridized carbons (Fsp3) is 0.562. The summed E-state index contributed by atoms with van der Waals surface area (Å²) in [6.07, 6.45) is 1.44. The molecule has 19 heavy (non-hydrogen) atoms. The van der Waals surface area contributed by atoms with E-state index in [1.54, 1.807) is 0 Å². The molecule has 0 aliphatic carbocycles. The third-order valence-electron chi connectivity index (χ3n) is 3.57. The second-order valence-corrected chi connectivity index (χ2v) is 6.07. The van der Waals surface area contributed by atoms with Crippen molar-refractivity contribution in [2.45, 2.75) is 33.2 Å². The molecule has 0 aromatic heterocycles. The molecule has 1 heterocycles. The van der Waals surface area contributed by atoms with Gasteiger partial charge in [0, 0.05) is 19.6 Å². The third kappa shape index (κ3) is 4.35. The highest BCUT2D eigenvalue weighted by Gasteiger charge is 2.28. The highest BCUT2D eigenvalue weighted by molar-refractivity contribution is 5.67. The van der Waals surface area contributed by atoms with Crippen LogP contribution in [0.5, 0.6) is 0 Å². The van der Waals surface area contributed by atoms with E-state index in [0.717, 1.165) is 26.1 Å². The first kappa shape index (κ1) is 14.1. The van der Waals surface area contributed by atoms with Crippen LogP contribution in [0, 0.1) is 11.8 Å². The zero-order chi connectivity index (χ0) is 13.8. The van der Waals surface area contributed by atoms with Gasteiger partial charge in [-0.2, -0.15) is 0 Å².